The predicted octanol–water partition coefficient (Wildman–Crippen LogP) is -0.751. The molecule has 0 N–H and O–H groups in total. The lowest BCUT2D eigenvalue weighted by molar-refractivity contribution is 0.177. The molecule has 1 saturated heterocycles. The van der Waals surface area contributed by atoms with Gasteiger partial charge >= 0.3 is 0 Å². The van der Waals surface area contributed by atoms with Crippen LogP contribution in [-0.4, -0.2) is 76.0 Å². The van der Waals surface area contributed by atoms with E-state index in [0.29, 0.717) is 0 Å². The molecule has 1 aliphatic heterocycles. The van der Waals surface area contributed by atoms with Gasteiger partial charge in [-0.15, -0.1) is 0 Å². The van der Waals surface area contributed by atoms with E-state index >= 15 is 0 Å². The predicted molar refractivity (Wildman–Crippen MR) is 52.3 cm³/mol. The quantitative estimate of drug-likeness (QED) is 0.512. The Morgan fingerprint density at radius 3 is 2.25 bits per heavy atom. The van der Waals surface area contributed by atoms with E-state index in [9.17, 15) is 0 Å². The molecule has 0 atom stereocenters. The van der Waals surface area contributed by atoms with E-state index < -0.39 is 0 Å². The van der Waals surface area contributed by atoms with Gasteiger partial charge in [0.15, 0.2) is 7.98 Å². The van der Waals surface area contributed by atoms with Crippen LogP contribution in [0.5, 0.6) is 0 Å². The van der Waals surface area contributed by atoms with Crippen LogP contribution in [0.2, 0.25) is 0 Å². The van der Waals surface area contributed by atoms with Gasteiger partial charge < -0.3 is 9.71 Å². The average molecular weight is 167 g/mol. The Morgan fingerprint density at radius 2 is 1.75 bits per heavy atom. The molecular weight excluding hydrogens is 149 g/mol. The molecule has 0 amide bonds. The minimum Gasteiger partial charge on any atom is -0.351 e. The fourth-order valence-corrected chi connectivity index (χ4v) is 1.33. The third-order valence-electron chi connectivity index (χ3n) is 2.27. The molecular formula is C8H18BN3. The smallest absolute Gasteiger partial charge is 0.182 e. The van der Waals surface area contributed by atoms with E-state index in [1.54, 1.807) is 0 Å². The summed E-state index contributed by atoms with van der Waals surface area (Å²) < 4.78 is 0. The molecule has 2 radical (unpaired) electrons. The Morgan fingerprint density at radius 1 is 1.17 bits per heavy atom. The summed E-state index contributed by atoms with van der Waals surface area (Å²) >= 11 is 0. The van der Waals surface area contributed by atoms with E-state index in [4.69, 9.17) is 7.98 Å². The van der Waals surface area contributed by atoms with Crippen LogP contribution >= 0.6 is 0 Å². The molecule has 68 valence electrons. The van der Waals surface area contributed by atoms with Crippen molar-refractivity contribution in [1.29, 1.82) is 0 Å². The second kappa shape index (κ2) is 4.85. The molecule has 1 heterocycles. The van der Waals surface area contributed by atoms with Crippen LogP contribution in [-0.2, 0) is 0 Å². The summed E-state index contributed by atoms with van der Waals surface area (Å²) in [6, 6.07) is 0. The van der Waals surface area contributed by atoms with Crippen LogP contribution in [0.3, 0.4) is 0 Å². The van der Waals surface area contributed by atoms with Crippen molar-refractivity contribution in [3.05, 3.63) is 0 Å². The van der Waals surface area contributed by atoms with Gasteiger partial charge in [-0.05, 0) is 27.2 Å². The monoisotopic (exact) mass is 167 g/mol. The largest absolute Gasteiger partial charge is 0.351 e. The third-order valence-corrected chi connectivity index (χ3v) is 2.27. The summed E-state index contributed by atoms with van der Waals surface area (Å²) in [7, 11) is 9.87. The average Bonchev–Trinajstić information content (AvgIpc) is 2.03. The van der Waals surface area contributed by atoms with Gasteiger partial charge in [-0.1, -0.05) is 0 Å². The van der Waals surface area contributed by atoms with Crippen molar-refractivity contribution >= 4 is 7.98 Å². The minimum absolute atomic E-state index is 1.01. The highest BCUT2D eigenvalue weighted by Gasteiger charge is 2.12. The van der Waals surface area contributed by atoms with Gasteiger partial charge in [0.25, 0.3) is 0 Å². The minimum atomic E-state index is 1.01. The number of piperazine rings is 1. The van der Waals surface area contributed by atoms with Gasteiger partial charge in [0.05, 0.1) is 0 Å². The summed E-state index contributed by atoms with van der Waals surface area (Å²) in [5, 5.41) is 0. The summed E-state index contributed by atoms with van der Waals surface area (Å²) in [6.45, 7) is 6.56. The Bertz CT molecular complexity index is 121. The van der Waals surface area contributed by atoms with Crippen molar-refractivity contribution < 1.29 is 0 Å². The van der Waals surface area contributed by atoms with E-state index in [1.165, 1.54) is 6.54 Å². The summed E-state index contributed by atoms with van der Waals surface area (Å²) in [5.74, 6) is 0. The highest BCUT2D eigenvalue weighted by molar-refractivity contribution is 6.04. The Balaban J connectivity index is 2.09. The SMILES string of the molecule is [B]N1CCN(CCN(C)C)CC1. The zero-order chi connectivity index (χ0) is 8.97. The standard InChI is InChI=1S/C8H18BN3/c1-10(2)3-4-11-5-7-12(9)8-6-11/h3-8H2,1-2H3. The Kier molecular flexibility index (Phi) is 4.05. The van der Waals surface area contributed by atoms with Crippen molar-refractivity contribution in [3.63, 3.8) is 0 Å². The van der Waals surface area contributed by atoms with E-state index in [2.05, 4.69) is 23.9 Å². The first-order valence-corrected chi connectivity index (χ1v) is 4.55. The first kappa shape index (κ1) is 10.0. The van der Waals surface area contributed by atoms with Gasteiger partial charge in [-0.2, -0.15) is 0 Å². The molecule has 0 bridgehead atoms. The van der Waals surface area contributed by atoms with Gasteiger partial charge in [0, 0.05) is 26.2 Å². The second-order valence-corrected chi connectivity index (χ2v) is 3.68. The van der Waals surface area contributed by atoms with Gasteiger partial charge in [0.2, 0.25) is 0 Å². The summed E-state index contributed by atoms with van der Waals surface area (Å²) in [5.41, 5.74) is 0. The fraction of sp³-hybridized carbons (Fsp3) is 1.00. The normalized spacial score (nSPS) is 21.9. The van der Waals surface area contributed by atoms with Crippen molar-refractivity contribution in [2.24, 2.45) is 0 Å². The zero-order valence-electron chi connectivity index (χ0n) is 8.16. The summed E-state index contributed by atoms with van der Waals surface area (Å²) in [4.78, 5) is 6.57. The van der Waals surface area contributed by atoms with E-state index in [0.717, 1.165) is 32.7 Å². The van der Waals surface area contributed by atoms with Crippen molar-refractivity contribution in [3.8, 4) is 0 Å². The van der Waals surface area contributed by atoms with Crippen molar-refractivity contribution in [2.75, 3.05) is 53.4 Å². The maximum absolute atomic E-state index is 5.65. The van der Waals surface area contributed by atoms with Gasteiger partial charge in [-0.3, -0.25) is 4.90 Å². The molecule has 12 heavy (non-hydrogen) atoms. The van der Waals surface area contributed by atoms with Crippen molar-refractivity contribution in [2.45, 2.75) is 0 Å². The maximum Gasteiger partial charge on any atom is 0.182 e. The van der Waals surface area contributed by atoms with Crippen LogP contribution in [0.25, 0.3) is 0 Å². The van der Waals surface area contributed by atoms with E-state index in [1.807, 2.05) is 4.81 Å². The molecule has 0 aromatic carbocycles. The van der Waals surface area contributed by atoms with Crippen LogP contribution in [0.1, 0.15) is 0 Å². The molecule has 0 spiro atoms. The first-order chi connectivity index (χ1) is 5.68. The Labute approximate surface area is 76.7 Å². The van der Waals surface area contributed by atoms with E-state index in [-0.39, 0.29) is 0 Å². The maximum atomic E-state index is 5.65. The molecule has 1 fully saturated rings. The van der Waals surface area contributed by atoms with Crippen LogP contribution in [0.4, 0.5) is 0 Å². The number of nitrogens with zero attached hydrogens (tertiary/aromatic N) is 3. The number of rotatable bonds is 3. The number of hydrogen-bond acceptors (Lipinski definition) is 3. The molecule has 0 aromatic heterocycles. The number of likely N-dealkylation sites (N-methyl/N-ethyl adjacent to an activating group) is 1. The lowest BCUT2D eigenvalue weighted by Crippen LogP contribution is -2.46. The third kappa shape index (κ3) is 3.56. The second-order valence-electron chi connectivity index (χ2n) is 3.68. The topological polar surface area (TPSA) is 9.72 Å². The van der Waals surface area contributed by atoms with Crippen molar-refractivity contribution in [1.82, 2.24) is 14.6 Å². The molecule has 0 aromatic rings. The summed E-state index contributed by atoms with van der Waals surface area (Å²) in [6.07, 6.45) is 0. The van der Waals surface area contributed by atoms with Crippen LogP contribution in [0, 0.1) is 0 Å². The molecule has 0 saturated carbocycles. The molecule has 1 aliphatic rings. The highest BCUT2D eigenvalue weighted by atomic mass is 15.2. The highest BCUT2D eigenvalue weighted by Crippen LogP contribution is 1.97. The van der Waals surface area contributed by atoms with Gasteiger partial charge in [0.1, 0.15) is 0 Å². The molecule has 0 unspecified atom stereocenters. The fourth-order valence-electron chi connectivity index (χ4n) is 1.33. The van der Waals surface area contributed by atoms with Gasteiger partial charge in [-0.25, -0.2) is 0 Å². The molecule has 4 heteroatoms. The zero-order valence-corrected chi connectivity index (χ0v) is 8.16. The lowest BCUT2D eigenvalue weighted by atomic mass is 10.2. The first-order valence-electron chi connectivity index (χ1n) is 4.55. The lowest BCUT2D eigenvalue weighted by Gasteiger charge is -2.33. The van der Waals surface area contributed by atoms with Crippen LogP contribution < -0.4 is 0 Å². The molecule has 0 aliphatic carbocycles. The number of hydrogen-bond donors (Lipinski definition) is 0. The van der Waals surface area contributed by atoms with Crippen LogP contribution in [0.15, 0.2) is 0 Å². The molecule has 1 rings (SSSR count). The molecule has 3 nitrogen and oxygen atoms in total. The Hall–Kier alpha value is -0.0551.